The number of nitrogens with zero attached hydrogens (tertiary/aromatic N) is 1. The second kappa shape index (κ2) is 5.47. The van der Waals surface area contributed by atoms with Crippen molar-refractivity contribution in [1.29, 1.82) is 0 Å². The number of hydrogen-bond acceptors (Lipinski definition) is 2. The SMILES string of the molecule is CNCc1ccc(Cl)cc1N1c2ccccc2CC1C. The minimum absolute atomic E-state index is 0.460. The maximum absolute atomic E-state index is 6.22. The van der Waals surface area contributed by atoms with Crippen LogP contribution >= 0.6 is 11.6 Å². The molecule has 0 saturated heterocycles. The molecule has 1 aliphatic heterocycles. The van der Waals surface area contributed by atoms with Gasteiger partial charge in [0.15, 0.2) is 0 Å². The second-order valence-electron chi connectivity index (χ2n) is 5.36. The predicted octanol–water partition coefficient (Wildman–Crippen LogP) is 4.14. The van der Waals surface area contributed by atoms with E-state index in [9.17, 15) is 0 Å². The Bertz CT molecular complexity index is 624. The summed E-state index contributed by atoms with van der Waals surface area (Å²) in [4.78, 5) is 2.41. The number of rotatable bonds is 3. The summed E-state index contributed by atoms with van der Waals surface area (Å²) in [6.45, 7) is 3.11. The quantitative estimate of drug-likeness (QED) is 0.912. The lowest BCUT2D eigenvalue weighted by Crippen LogP contribution is -2.25. The van der Waals surface area contributed by atoms with Gasteiger partial charge in [0.05, 0.1) is 0 Å². The van der Waals surface area contributed by atoms with Gasteiger partial charge in [0, 0.05) is 29.0 Å². The number of para-hydroxylation sites is 1. The lowest BCUT2D eigenvalue weighted by molar-refractivity contribution is 0.746. The smallest absolute Gasteiger partial charge is 0.0474 e. The van der Waals surface area contributed by atoms with E-state index in [2.05, 4.69) is 53.5 Å². The minimum atomic E-state index is 0.460. The molecule has 1 aliphatic rings. The highest BCUT2D eigenvalue weighted by Crippen LogP contribution is 2.40. The number of fused-ring (bicyclic) bond motifs is 1. The highest BCUT2D eigenvalue weighted by atomic mass is 35.5. The second-order valence-corrected chi connectivity index (χ2v) is 5.79. The summed E-state index contributed by atoms with van der Waals surface area (Å²) >= 11 is 6.22. The standard InChI is InChI=1S/C17H19ClN2/c1-12-9-13-5-3-4-6-16(13)20(12)17-10-15(18)8-7-14(17)11-19-2/h3-8,10,12,19H,9,11H2,1-2H3. The third-order valence-electron chi connectivity index (χ3n) is 3.88. The van der Waals surface area contributed by atoms with E-state index in [0.717, 1.165) is 18.0 Å². The molecule has 0 radical (unpaired) electrons. The van der Waals surface area contributed by atoms with Gasteiger partial charge in [-0.15, -0.1) is 0 Å². The van der Waals surface area contributed by atoms with Crippen LogP contribution in [0.5, 0.6) is 0 Å². The van der Waals surface area contributed by atoms with Crippen LogP contribution in [-0.4, -0.2) is 13.1 Å². The van der Waals surface area contributed by atoms with Crippen molar-refractivity contribution in [2.45, 2.75) is 25.9 Å². The van der Waals surface area contributed by atoms with Crippen molar-refractivity contribution in [3.63, 3.8) is 0 Å². The molecule has 2 aromatic carbocycles. The van der Waals surface area contributed by atoms with E-state index in [0.29, 0.717) is 6.04 Å². The normalized spacial score (nSPS) is 17.4. The Morgan fingerprint density at radius 3 is 2.80 bits per heavy atom. The molecule has 104 valence electrons. The van der Waals surface area contributed by atoms with Crippen molar-refractivity contribution >= 4 is 23.0 Å². The molecular weight excluding hydrogens is 268 g/mol. The summed E-state index contributed by atoms with van der Waals surface area (Å²) in [6.07, 6.45) is 1.09. The van der Waals surface area contributed by atoms with E-state index in [4.69, 9.17) is 11.6 Å². The molecule has 3 rings (SSSR count). The zero-order valence-electron chi connectivity index (χ0n) is 11.9. The molecular formula is C17H19ClN2. The van der Waals surface area contributed by atoms with Crippen LogP contribution in [0.25, 0.3) is 0 Å². The Morgan fingerprint density at radius 2 is 2.00 bits per heavy atom. The van der Waals surface area contributed by atoms with Crippen molar-refractivity contribution in [3.05, 3.63) is 58.6 Å². The molecule has 1 atom stereocenters. The summed E-state index contributed by atoms with van der Waals surface area (Å²) in [5.74, 6) is 0. The van der Waals surface area contributed by atoms with Gasteiger partial charge < -0.3 is 10.2 Å². The number of nitrogens with one attached hydrogen (secondary N) is 1. The molecule has 0 spiro atoms. The van der Waals surface area contributed by atoms with Crippen molar-refractivity contribution in [1.82, 2.24) is 5.32 Å². The predicted molar refractivity (Wildman–Crippen MR) is 86.0 cm³/mol. The molecule has 0 aromatic heterocycles. The number of benzene rings is 2. The highest BCUT2D eigenvalue weighted by molar-refractivity contribution is 6.30. The average Bonchev–Trinajstić information content (AvgIpc) is 2.77. The van der Waals surface area contributed by atoms with Crippen LogP contribution in [0, 0.1) is 0 Å². The molecule has 20 heavy (non-hydrogen) atoms. The zero-order valence-corrected chi connectivity index (χ0v) is 12.6. The molecule has 1 heterocycles. The molecule has 1 N–H and O–H groups in total. The summed E-state index contributed by atoms with van der Waals surface area (Å²) in [5.41, 5.74) is 5.21. The molecule has 0 saturated carbocycles. The number of halogens is 1. The lowest BCUT2D eigenvalue weighted by atomic mass is 10.1. The average molecular weight is 287 g/mol. The van der Waals surface area contributed by atoms with Crippen LogP contribution in [0.4, 0.5) is 11.4 Å². The molecule has 0 amide bonds. The van der Waals surface area contributed by atoms with Gasteiger partial charge in [-0.3, -0.25) is 0 Å². The van der Waals surface area contributed by atoms with Gasteiger partial charge in [0.2, 0.25) is 0 Å². The summed E-state index contributed by atoms with van der Waals surface area (Å²) in [5, 5.41) is 4.02. The molecule has 0 fully saturated rings. The van der Waals surface area contributed by atoms with Crippen LogP contribution in [0.2, 0.25) is 5.02 Å². The monoisotopic (exact) mass is 286 g/mol. The minimum Gasteiger partial charge on any atom is -0.338 e. The van der Waals surface area contributed by atoms with E-state index in [1.807, 2.05) is 13.1 Å². The van der Waals surface area contributed by atoms with Gasteiger partial charge in [-0.2, -0.15) is 0 Å². The van der Waals surface area contributed by atoms with Crippen LogP contribution in [0.3, 0.4) is 0 Å². The maximum Gasteiger partial charge on any atom is 0.0474 e. The Balaban J connectivity index is 2.11. The van der Waals surface area contributed by atoms with E-state index < -0.39 is 0 Å². The summed E-state index contributed by atoms with van der Waals surface area (Å²) in [6, 6.07) is 15.2. The Kier molecular flexibility index (Phi) is 3.68. The van der Waals surface area contributed by atoms with E-state index in [1.54, 1.807) is 0 Å². The Labute approximate surface area is 125 Å². The third kappa shape index (κ3) is 2.30. The molecule has 1 unspecified atom stereocenters. The topological polar surface area (TPSA) is 15.3 Å². The van der Waals surface area contributed by atoms with Crippen molar-refractivity contribution in [2.75, 3.05) is 11.9 Å². The van der Waals surface area contributed by atoms with Crippen LogP contribution < -0.4 is 10.2 Å². The van der Waals surface area contributed by atoms with E-state index in [-0.39, 0.29) is 0 Å². The summed E-state index contributed by atoms with van der Waals surface area (Å²) in [7, 11) is 1.97. The largest absolute Gasteiger partial charge is 0.338 e. The van der Waals surface area contributed by atoms with Gasteiger partial charge in [0.1, 0.15) is 0 Å². The van der Waals surface area contributed by atoms with Gasteiger partial charge in [-0.1, -0.05) is 35.9 Å². The van der Waals surface area contributed by atoms with E-state index >= 15 is 0 Å². The number of anilines is 2. The van der Waals surface area contributed by atoms with Crippen LogP contribution in [-0.2, 0) is 13.0 Å². The van der Waals surface area contributed by atoms with E-state index in [1.165, 1.54) is 22.5 Å². The molecule has 0 bridgehead atoms. The fourth-order valence-electron chi connectivity index (χ4n) is 3.03. The summed E-state index contributed by atoms with van der Waals surface area (Å²) < 4.78 is 0. The maximum atomic E-state index is 6.22. The first-order valence-electron chi connectivity index (χ1n) is 7.01. The van der Waals surface area contributed by atoms with Crippen molar-refractivity contribution in [3.8, 4) is 0 Å². The molecule has 2 aromatic rings. The first-order chi connectivity index (χ1) is 9.70. The number of hydrogen-bond donors (Lipinski definition) is 1. The first-order valence-corrected chi connectivity index (χ1v) is 7.38. The molecule has 3 heteroatoms. The zero-order chi connectivity index (χ0) is 14.1. The molecule has 2 nitrogen and oxygen atoms in total. The van der Waals surface area contributed by atoms with Crippen LogP contribution in [0.1, 0.15) is 18.1 Å². The third-order valence-corrected chi connectivity index (χ3v) is 4.12. The Morgan fingerprint density at radius 1 is 1.20 bits per heavy atom. The molecule has 0 aliphatic carbocycles. The first kappa shape index (κ1) is 13.5. The fourth-order valence-corrected chi connectivity index (χ4v) is 3.20. The lowest BCUT2D eigenvalue weighted by Gasteiger charge is -2.27. The fraction of sp³-hybridized carbons (Fsp3) is 0.294. The van der Waals surface area contributed by atoms with Crippen LogP contribution in [0.15, 0.2) is 42.5 Å². The highest BCUT2D eigenvalue weighted by Gasteiger charge is 2.28. The van der Waals surface area contributed by atoms with Crippen molar-refractivity contribution in [2.24, 2.45) is 0 Å². The van der Waals surface area contributed by atoms with Gasteiger partial charge in [0.25, 0.3) is 0 Å². The van der Waals surface area contributed by atoms with Gasteiger partial charge >= 0.3 is 0 Å². The van der Waals surface area contributed by atoms with Gasteiger partial charge in [-0.25, -0.2) is 0 Å². The van der Waals surface area contributed by atoms with Crippen molar-refractivity contribution < 1.29 is 0 Å². The van der Waals surface area contributed by atoms with Gasteiger partial charge in [-0.05, 0) is 49.7 Å². The Hall–Kier alpha value is -1.51.